The second-order valence-electron chi connectivity index (χ2n) is 4.89. The number of amides is 1. The number of nitrogens with one attached hydrogen (secondary N) is 2. The Morgan fingerprint density at radius 1 is 1.42 bits per heavy atom. The molecule has 1 fully saturated rings. The molecule has 1 aromatic carbocycles. The fraction of sp³-hybridized carbons (Fsp3) is 0.500. The van der Waals surface area contributed by atoms with Gasteiger partial charge in [-0.05, 0) is 17.0 Å². The number of hydrogen-bond donors (Lipinski definition) is 2. The summed E-state index contributed by atoms with van der Waals surface area (Å²) >= 11 is 1.77. The molecule has 3 nitrogen and oxygen atoms in total. The van der Waals surface area contributed by atoms with Crippen LogP contribution >= 0.6 is 24.2 Å². The molecule has 1 heterocycles. The van der Waals surface area contributed by atoms with Gasteiger partial charge in [-0.1, -0.05) is 38.1 Å². The van der Waals surface area contributed by atoms with E-state index in [9.17, 15) is 4.79 Å². The summed E-state index contributed by atoms with van der Waals surface area (Å²) in [5.74, 6) is 2.40. The third-order valence-electron chi connectivity index (χ3n) is 3.15. The fourth-order valence-corrected chi connectivity index (χ4v) is 2.84. The first-order chi connectivity index (χ1) is 8.66. The second kappa shape index (κ2) is 7.78. The highest BCUT2D eigenvalue weighted by Gasteiger charge is 2.21. The average molecular weight is 301 g/mol. The minimum absolute atomic E-state index is 0. The molecule has 0 saturated carbocycles. The fourth-order valence-electron chi connectivity index (χ4n) is 1.90. The zero-order valence-electron chi connectivity index (χ0n) is 11.3. The maximum absolute atomic E-state index is 11.8. The van der Waals surface area contributed by atoms with E-state index >= 15 is 0 Å². The molecule has 2 N–H and O–H groups in total. The van der Waals surface area contributed by atoms with Crippen molar-refractivity contribution in [1.82, 2.24) is 10.6 Å². The number of carbonyl (C=O) groups is 1. The summed E-state index contributed by atoms with van der Waals surface area (Å²) in [6, 6.07) is 8.43. The molecule has 1 atom stereocenters. The van der Waals surface area contributed by atoms with E-state index in [4.69, 9.17) is 0 Å². The Morgan fingerprint density at radius 2 is 2.11 bits per heavy atom. The Labute approximate surface area is 125 Å². The maximum atomic E-state index is 11.8. The SMILES string of the molecule is CC(C)c1ccc(CNC(=O)C2CSCN2)cc1.Cl. The van der Waals surface area contributed by atoms with Crippen molar-refractivity contribution >= 4 is 30.1 Å². The van der Waals surface area contributed by atoms with E-state index in [1.807, 2.05) is 0 Å². The Hall–Kier alpha value is -0.710. The number of thioether (sulfide) groups is 1. The quantitative estimate of drug-likeness (QED) is 0.898. The van der Waals surface area contributed by atoms with Gasteiger partial charge in [-0.25, -0.2) is 0 Å². The van der Waals surface area contributed by atoms with Gasteiger partial charge in [-0.3, -0.25) is 10.1 Å². The van der Waals surface area contributed by atoms with Crippen LogP contribution in [0.25, 0.3) is 0 Å². The monoisotopic (exact) mass is 300 g/mol. The lowest BCUT2D eigenvalue weighted by Gasteiger charge is -2.11. The summed E-state index contributed by atoms with van der Waals surface area (Å²) < 4.78 is 0. The highest BCUT2D eigenvalue weighted by atomic mass is 35.5. The normalized spacial score (nSPS) is 18.2. The molecule has 106 valence electrons. The smallest absolute Gasteiger partial charge is 0.238 e. The number of carbonyl (C=O) groups excluding carboxylic acids is 1. The van der Waals surface area contributed by atoms with Crippen LogP contribution in [-0.4, -0.2) is 23.6 Å². The average Bonchev–Trinajstić information content (AvgIpc) is 2.90. The number of benzene rings is 1. The predicted molar refractivity (Wildman–Crippen MR) is 83.9 cm³/mol. The third kappa shape index (κ3) is 4.71. The Bertz CT molecular complexity index is 402. The molecule has 0 aliphatic carbocycles. The number of rotatable bonds is 4. The van der Waals surface area contributed by atoms with Gasteiger partial charge in [-0.15, -0.1) is 24.2 Å². The second-order valence-corrected chi connectivity index (χ2v) is 5.92. The van der Waals surface area contributed by atoms with Gasteiger partial charge in [0, 0.05) is 18.2 Å². The molecule has 1 aliphatic rings. The molecular formula is C14H21ClN2OS. The Morgan fingerprint density at radius 3 is 2.63 bits per heavy atom. The topological polar surface area (TPSA) is 41.1 Å². The van der Waals surface area contributed by atoms with Crippen LogP contribution in [0, 0.1) is 0 Å². The van der Waals surface area contributed by atoms with Gasteiger partial charge in [0.25, 0.3) is 0 Å². The van der Waals surface area contributed by atoms with Crippen LogP contribution in [0.5, 0.6) is 0 Å². The highest BCUT2D eigenvalue weighted by Crippen LogP contribution is 2.14. The van der Waals surface area contributed by atoms with E-state index < -0.39 is 0 Å². The first-order valence-electron chi connectivity index (χ1n) is 6.34. The first-order valence-corrected chi connectivity index (χ1v) is 7.50. The molecule has 1 unspecified atom stereocenters. The van der Waals surface area contributed by atoms with Crippen molar-refractivity contribution in [3.8, 4) is 0 Å². The standard InChI is InChI=1S/C14H20N2OS.ClH/c1-10(2)12-5-3-11(4-6-12)7-15-14(17)13-8-18-9-16-13;/h3-6,10,13,16H,7-9H2,1-2H3,(H,15,17);1H. The minimum Gasteiger partial charge on any atom is -0.351 e. The lowest BCUT2D eigenvalue weighted by Crippen LogP contribution is -2.41. The molecule has 1 amide bonds. The summed E-state index contributed by atoms with van der Waals surface area (Å²) in [6.45, 7) is 4.97. The summed E-state index contributed by atoms with van der Waals surface area (Å²) in [4.78, 5) is 11.8. The van der Waals surface area contributed by atoms with E-state index in [-0.39, 0.29) is 24.4 Å². The van der Waals surface area contributed by atoms with Crippen LogP contribution in [0.1, 0.15) is 30.9 Å². The molecule has 2 rings (SSSR count). The zero-order chi connectivity index (χ0) is 13.0. The molecule has 1 aliphatic heterocycles. The van der Waals surface area contributed by atoms with Crippen molar-refractivity contribution < 1.29 is 4.79 Å². The van der Waals surface area contributed by atoms with E-state index in [1.165, 1.54) is 5.56 Å². The molecule has 0 bridgehead atoms. The van der Waals surface area contributed by atoms with Crippen molar-refractivity contribution in [2.45, 2.75) is 32.4 Å². The minimum atomic E-state index is -0.0232. The molecule has 5 heteroatoms. The molecule has 0 spiro atoms. The highest BCUT2D eigenvalue weighted by molar-refractivity contribution is 7.99. The summed E-state index contributed by atoms with van der Waals surface area (Å²) in [5, 5.41) is 6.14. The summed E-state index contributed by atoms with van der Waals surface area (Å²) in [7, 11) is 0. The van der Waals surface area contributed by atoms with Crippen LogP contribution in [0.2, 0.25) is 0 Å². The van der Waals surface area contributed by atoms with Gasteiger partial charge in [0.15, 0.2) is 0 Å². The zero-order valence-corrected chi connectivity index (χ0v) is 12.9. The lowest BCUT2D eigenvalue weighted by molar-refractivity contribution is -0.122. The largest absolute Gasteiger partial charge is 0.351 e. The van der Waals surface area contributed by atoms with Crippen LogP contribution in [0.3, 0.4) is 0 Å². The van der Waals surface area contributed by atoms with Crippen molar-refractivity contribution in [2.75, 3.05) is 11.6 Å². The Kier molecular flexibility index (Phi) is 6.69. The van der Waals surface area contributed by atoms with Crippen molar-refractivity contribution in [3.63, 3.8) is 0 Å². The van der Waals surface area contributed by atoms with Crippen LogP contribution in [-0.2, 0) is 11.3 Å². The van der Waals surface area contributed by atoms with Gasteiger partial charge in [0.05, 0.1) is 6.04 Å². The first kappa shape index (κ1) is 16.3. The maximum Gasteiger partial charge on any atom is 0.238 e. The van der Waals surface area contributed by atoms with Gasteiger partial charge in [0.2, 0.25) is 5.91 Å². The van der Waals surface area contributed by atoms with Gasteiger partial charge < -0.3 is 5.32 Å². The van der Waals surface area contributed by atoms with Gasteiger partial charge in [-0.2, -0.15) is 0 Å². The third-order valence-corrected chi connectivity index (χ3v) is 4.09. The van der Waals surface area contributed by atoms with E-state index in [1.54, 1.807) is 11.8 Å². The van der Waals surface area contributed by atoms with E-state index in [0.29, 0.717) is 12.5 Å². The number of hydrogen-bond acceptors (Lipinski definition) is 3. The van der Waals surface area contributed by atoms with Gasteiger partial charge in [0.1, 0.15) is 0 Å². The number of halogens is 1. The molecule has 1 aromatic rings. The van der Waals surface area contributed by atoms with Crippen LogP contribution in [0.4, 0.5) is 0 Å². The molecule has 0 aromatic heterocycles. The molecular weight excluding hydrogens is 280 g/mol. The van der Waals surface area contributed by atoms with E-state index in [2.05, 4.69) is 48.7 Å². The van der Waals surface area contributed by atoms with Gasteiger partial charge >= 0.3 is 0 Å². The molecule has 0 radical (unpaired) electrons. The van der Waals surface area contributed by atoms with Crippen molar-refractivity contribution in [1.29, 1.82) is 0 Å². The Balaban J connectivity index is 0.00000180. The van der Waals surface area contributed by atoms with E-state index in [0.717, 1.165) is 17.2 Å². The summed E-state index contributed by atoms with van der Waals surface area (Å²) in [6.07, 6.45) is 0. The lowest BCUT2D eigenvalue weighted by atomic mass is 10.0. The predicted octanol–water partition coefficient (Wildman–Crippen LogP) is 2.51. The molecule has 1 saturated heterocycles. The van der Waals surface area contributed by atoms with Crippen molar-refractivity contribution in [2.24, 2.45) is 0 Å². The van der Waals surface area contributed by atoms with Crippen molar-refractivity contribution in [3.05, 3.63) is 35.4 Å². The van der Waals surface area contributed by atoms with Crippen LogP contribution in [0.15, 0.2) is 24.3 Å². The summed E-state index contributed by atoms with van der Waals surface area (Å²) in [5.41, 5.74) is 2.48. The van der Waals surface area contributed by atoms with Crippen LogP contribution < -0.4 is 10.6 Å². The molecule has 19 heavy (non-hydrogen) atoms.